The molecule has 0 aromatic carbocycles. The van der Waals surface area contributed by atoms with E-state index < -0.39 is 10.4 Å². The molecule has 76 valence electrons. The number of rotatable bonds is 6. The maximum absolute atomic E-state index is 10.6. The quantitative estimate of drug-likeness (QED) is 0.211. The summed E-state index contributed by atoms with van der Waals surface area (Å²) in [5.74, 6) is 13.8. The van der Waals surface area contributed by atoms with E-state index in [4.69, 9.17) is 0 Å². The van der Waals surface area contributed by atoms with E-state index in [-0.39, 0.29) is 0 Å². The van der Waals surface area contributed by atoms with Gasteiger partial charge in [-0.1, -0.05) is 0 Å². The van der Waals surface area contributed by atoms with Crippen molar-refractivity contribution in [1.29, 1.82) is 0 Å². The molecule has 1 unspecified atom stereocenters. The first-order valence-corrected chi connectivity index (χ1v) is 2.58. The predicted octanol–water partition coefficient (Wildman–Crippen LogP) is -4.17. The molecule has 1 atom stereocenters. The van der Waals surface area contributed by atoms with Crippen molar-refractivity contribution in [2.24, 2.45) is 17.7 Å². The summed E-state index contributed by atoms with van der Waals surface area (Å²) in [5, 5.41) is 10.2. The van der Waals surface area contributed by atoms with Crippen LogP contribution in [0, 0.1) is 11.8 Å². The van der Waals surface area contributed by atoms with Crippen LogP contribution < -0.4 is 28.6 Å². The highest BCUT2D eigenvalue weighted by atomic mass is 17.3. The fourth-order valence-electron chi connectivity index (χ4n) is 0.334. The number of nitrogens with zero attached hydrogens (tertiary/aromatic N) is 2. The summed E-state index contributed by atoms with van der Waals surface area (Å²) < 4.78 is 0. The van der Waals surface area contributed by atoms with Crippen molar-refractivity contribution < 1.29 is 30.2 Å². The summed E-state index contributed by atoms with van der Waals surface area (Å²) >= 11 is 0. The third-order valence-electron chi connectivity index (χ3n) is 0.780. The Morgan fingerprint density at radius 1 is 1.31 bits per heavy atom. The number of quaternary nitrogens is 2. The number of nitrogens with two attached hydrogens (primary N) is 3. The van der Waals surface area contributed by atoms with E-state index in [9.17, 15) is 5.21 Å². The first kappa shape index (κ1) is 11.9. The first-order valence-electron chi connectivity index (χ1n) is 2.58. The van der Waals surface area contributed by atoms with Crippen LogP contribution in [0.4, 0.5) is 0 Å². The van der Waals surface area contributed by atoms with Gasteiger partial charge in [0, 0.05) is 5.34 Å². The molecule has 0 bridgehead atoms. The molecule has 0 amide bonds. The minimum absolute atomic E-state index is 1.23. The smallest absolute Gasteiger partial charge is 0.341 e. The van der Waals surface area contributed by atoms with Gasteiger partial charge in [0.25, 0.3) is 10.1 Å². The van der Waals surface area contributed by atoms with Crippen LogP contribution in [0.2, 0.25) is 0 Å². The zero-order valence-electron chi connectivity index (χ0n) is 6.25. The van der Waals surface area contributed by atoms with E-state index in [0.29, 0.717) is 0 Å². The molecule has 0 aromatic heterocycles. The van der Waals surface area contributed by atoms with Gasteiger partial charge < -0.3 is 5.21 Å². The van der Waals surface area contributed by atoms with E-state index in [1.807, 2.05) is 0 Å². The minimum Gasteiger partial charge on any atom is -0.560 e. The van der Waals surface area contributed by atoms with Crippen molar-refractivity contribution >= 4 is 0 Å². The number of hydrogen-bond acceptors (Lipinski definition) is 9. The standard InChI is InChI=1S/CH9N7O5/c1-5-13-7(9)6-8(10-2,11-3)12-4/h1,6-7H,2-4H2/q+2. The molecule has 12 nitrogen and oxygen atoms in total. The average molecular weight is 199 g/mol. The fourth-order valence-corrected chi connectivity index (χ4v) is 0.334. The largest absolute Gasteiger partial charge is 0.560 e. The Kier molecular flexibility index (Phi) is 5.05. The lowest BCUT2D eigenvalue weighted by Crippen LogP contribution is -3.16. The summed E-state index contributed by atoms with van der Waals surface area (Å²) in [5.41, 5.74) is 1.64. The second-order valence-electron chi connectivity index (χ2n) is 1.41. The summed E-state index contributed by atoms with van der Waals surface area (Å²) in [4.78, 5) is 15.5. The molecule has 12 heteroatoms. The molecule has 0 fully saturated rings. The summed E-state index contributed by atoms with van der Waals surface area (Å²) in [6, 6.07) is 0. The van der Waals surface area contributed by atoms with Crippen molar-refractivity contribution in [1.82, 2.24) is 5.53 Å². The van der Waals surface area contributed by atoms with Gasteiger partial charge in [-0.3, -0.25) is 0 Å². The van der Waals surface area contributed by atoms with Crippen molar-refractivity contribution in [3.63, 3.8) is 0 Å². The van der Waals surface area contributed by atoms with Crippen molar-refractivity contribution in [3.8, 4) is 6.57 Å². The van der Waals surface area contributed by atoms with E-state index in [1.54, 1.807) is 5.53 Å². The Labute approximate surface area is 71.4 Å². The third-order valence-corrected chi connectivity index (χ3v) is 0.780. The second kappa shape index (κ2) is 5.52. The molecule has 0 radical (unpaired) electrons. The Morgan fingerprint density at radius 3 is 2.08 bits per heavy atom. The van der Waals surface area contributed by atoms with Crippen LogP contribution in [0.15, 0.2) is 0 Å². The van der Waals surface area contributed by atoms with Gasteiger partial charge in [-0.05, 0) is 14.8 Å². The molecule has 0 aliphatic heterocycles. The van der Waals surface area contributed by atoms with E-state index >= 15 is 0 Å². The first-order chi connectivity index (χ1) is 6.14. The maximum Gasteiger partial charge on any atom is 0.341 e. The van der Waals surface area contributed by atoms with Gasteiger partial charge in [0.15, 0.2) is 0 Å². The summed E-state index contributed by atoms with van der Waals surface area (Å²) in [6.45, 7) is 4.49. The van der Waals surface area contributed by atoms with Crippen molar-refractivity contribution in [2.45, 2.75) is 0 Å². The molecule has 0 rings (SSSR count). The van der Waals surface area contributed by atoms with Crippen LogP contribution in [0.1, 0.15) is 0 Å². The van der Waals surface area contributed by atoms with E-state index in [1.165, 1.54) is 0 Å². The van der Waals surface area contributed by atoms with Crippen LogP contribution in [-0.2, 0) is 19.8 Å². The van der Waals surface area contributed by atoms with E-state index in [2.05, 4.69) is 49.0 Å². The zero-order chi connectivity index (χ0) is 10.3. The Hall–Kier alpha value is -1.11. The van der Waals surface area contributed by atoms with Crippen LogP contribution in [-0.4, -0.2) is 5.08 Å². The summed E-state index contributed by atoms with van der Waals surface area (Å²) in [7, 11) is 0. The minimum atomic E-state index is -1.70. The number of hydrogen-bond donors (Lipinski definition) is 5. The van der Waals surface area contributed by atoms with Gasteiger partial charge in [-0.2, -0.15) is 17.7 Å². The molecule has 0 spiro atoms. The zero-order valence-corrected chi connectivity index (χ0v) is 6.25. The SMILES string of the molecule is C#[N+]O[NH+]([O-])N[N+](ON)(ON)ON. The lowest BCUT2D eigenvalue weighted by Gasteiger charge is -2.19. The second-order valence-corrected chi connectivity index (χ2v) is 1.41. The average Bonchev–Trinajstić information content (AvgIpc) is 2.15. The molecule has 0 heterocycles. The molecule has 0 aliphatic rings. The number of nitrogens with one attached hydrogen (secondary N) is 2. The van der Waals surface area contributed by atoms with Gasteiger partial charge in [0.2, 0.25) is 0 Å². The third kappa shape index (κ3) is 3.41. The van der Waals surface area contributed by atoms with Crippen molar-refractivity contribution in [3.05, 3.63) is 10.2 Å². The monoisotopic (exact) mass is 199 g/mol. The molecule has 0 saturated heterocycles. The highest BCUT2D eigenvalue weighted by Gasteiger charge is 2.41. The lowest BCUT2D eigenvalue weighted by molar-refractivity contribution is -1.46. The lowest BCUT2D eigenvalue weighted by atomic mass is 11.8. The molecular weight excluding hydrogens is 190 g/mol. The van der Waals surface area contributed by atoms with Gasteiger partial charge in [0.05, 0.1) is 4.94 Å². The van der Waals surface area contributed by atoms with Gasteiger partial charge in [0.1, 0.15) is 5.53 Å². The van der Waals surface area contributed by atoms with Gasteiger partial charge in [-0.25, -0.2) is 0 Å². The predicted molar refractivity (Wildman–Crippen MR) is 32.9 cm³/mol. The fraction of sp³-hybridized carbons (Fsp3) is 0. The normalized spacial score (nSPS) is 13.5. The Balaban J connectivity index is 4.17. The molecule has 0 aromatic rings. The highest BCUT2D eigenvalue weighted by molar-refractivity contribution is 4.38. The van der Waals surface area contributed by atoms with Crippen LogP contribution in [0.3, 0.4) is 0 Å². The summed E-state index contributed by atoms with van der Waals surface area (Å²) in [6.07, 6.45) is 0. The maximum atomic E-state index is 10.6. The topological polar surface area (TPSA) is 159 Å². The van der Waals surface area contributed by atoms with Crippen LogP contribution >= 0.6 is 0 Å². The molecule has 13 heavy (non-hydrogen) atoms. The van der Waals surface area contributed by atoms with Gasteiger partial charge in [-0.15, -0.1) is 0 Å². The van der Waals surface area contributed by atoms with Crippen molar-refractivity contribution in [2.75, 3.05) is 0 Å². The molecule has 0 saturated carbocycles. The molecule has 8 N–H and O–H groups in total. The highest BCUT2D eigenvalue weighted by Crippen LogP contribution is 1.93. The molecule has 0 aliphatic carbocycles. The van der Waals surface area contributed by atoms with Crippen LogP contribution in [0.5, 0.6) is 0 Å². The molecular formula is CH9N7O5+2. The Morgan fingerprint density at radius 2 is 1.77 bits per heavy atom. The Bertz CT molecular complexity index is 166. The van der Waals surface area contributed by atoms with Crippen LogP contribution in [0.25, 0.3) is 5.01 Å². The van der Waals surface area contributed by atoms with Gasteiger partial charge >= 0.3 is 6.57 Å². The van der Waals surface area contributed by atoms with E-state index in [0.717, 1.165) is 0 Å².